The molecule has 0 aliphatic carbocycles. The average Bonchev–Trinajstić information content (AvgIpc) is 3.07. The predicted octanol–water partition coefficient (Wildman–Crippen LogP) is 3.20. The van der Waals surface area contributed by atoms with Crippen LogP contribution >= 0.6 is 0 Å². The predicted molar refractivity (Wildman–Crippen MR) is 105 cm³/mol. The number of aliphatic hydroxyl groups excluding tert-OH is 1. The quantitative estimate of drug-likeness (QED) is 0.832. The summed E-state index contributed by atoms with van der Waals surface area (Å²) in [6.45, 7) is 3.86. The fraction of sp³-hybridized carbons (Fsp3) is 0.238. The van der Waals surface area contributed by atoms with E-state index in [9.17, 15) is 22.7 Å². The van der Waals surface area contributed by atoms with Crippen LogP contribution in [0.2, 0.25) is 0 Å². The van der Waals surface area contributed by atoms with Crippen molar-refractivity contribution in [2.75, 3.05) is 0 Å². The highest BCUT2D eigenvalue weighted by atomic mass is 32.2. The first-order valence-electron chi connectivity index (χ1n) is 9.14. The van der Waals surface area contributed by atoms with Crippen LogP contribution < -0.4 is 0 Å². The number of fused-ring (bicyclic) bond motifs is 1. The van der Waals surface area contributed by atoms with Crippen LogP contribution in [0.1, 0.15) is 25.0 Å². The minimum atomic E-state index is -3.93. The molecule has 0 saturated heterocycles. The highest BCUT2D eigenvalue weighted by molar-refractivity contribution is 7.90. The zero-order chi connectivity index (χ0) is 20.9. The standard InChI is InChI=1S/C21H19FN2O4S/c1-12(2)19-20(25)17(18-15-5-3-4-6-16(15)29(27,28)23-18)21(26)24(19)11-13-7-9-14(22)10-8-13/h3-10,12,19,25H,11H2,1-2H3/t19-/m0/s1. The number of halogens is 1. The van der Waals surface area contributed by atoms with E-state index < -0.39 is 22.0 Å². The molecule has 4 rings (SSSR count). The molecule has 2 aromatic carbocycles. The molecule has 0 radical (unpaired) electrons. The summed E-state index contributed by atoms with van der Waals surface area (Å²) < 4.78 is 41.8. The molecule has 0 bridgehead atoms. The molecule has 2 aromatic rings. The molecule has 0 spiro atoms. The molecule has 150 valence electrons. The largest absolute Gasteiger partial charge is 0.509 e. The lowest BCUT2D eigenvalue weighted by Crippen LogP contribution is -2.38. The van der Waals surface area contributed by atoms with Gasteiger partial charge in [0.15, 0.2) is 0 Å². The van der Waals surface area contributed by atoms with E-state index in [1.807, 2.05) is 13.8 Å². The first kappa shape index (κ1) is 19.3. The molecule has 1 N–H and O–H groups in total. The summed E-state index contributed by atoms with van der Waals surface area (Å²) in [4.78, 5) is 14.8. The highest BCUT2D eigenvalue weighted by Gasteiger charge is 2.45. The molecule has 2 aliphatic heterocycles. The number of nitrogens with zero attached hydrogens (tertiary/aromatic N) is 2. The molecule has 0 saturated carbocycles. The lowest BCUT2D eigenvalue weighted by Gasteiger charge is -2.28. The van der Waals surface area contributed by atoms with Crippen molar-refractivity contribution in [1.82, 2.24) is 4.90 Å². The van der Waals surface area contributed by atoms with Gasteiger partial charge in [-0.25, -0.2) is 4.39 Å². The Balaban J connectivity index is 1.78. The first-order chi connectivity index (χ1) is 13.7. The van der Waals surface area contributed by atoms with Gasteiger partial charge in [-0.3, -0.25) is 4.79 Å². The normalized spacial score (nSPS) is 20.4. The fourth-order valence-corrected chi connectivity index (χ4v) is 5.04. The van der Waals surface area contributed by atoms with Crippen molar-refractivity contribution in [3.05, 3.63) is 76.8 Å². The van der Waals surface area contributed by atoms with Gasteiger partial charge in [-0.1, -0.05) is 44.2 Å². The van der Waals surface area contributed by atoms with E-state index in [4.69, 9.17) is 0 Å². The third-order valence-corrected chi connectivity index (χ3v) is 6.45. The lowest BCUT2D eigenvalue weighted by atomic mass is 9.98. The van der Waals surface area contributed by atoms with Gasteiger partial charge >= 0.3 is 0 Å². The third-order valence-electron chi connectivity index (χ3n) is 5.11. The number of carbonyl (C=O) groups excluding carboxylic acids is 1. The molecule has 0 unspecified atom stereocenters. The topological polar surface area (TPSA) is 87.0 Å². The third kappa shape index (κ3) is 3.13. The molecule has 0 fully saturated rings. The van der Waals surface area contributed by atoms with Crippen LogP contribution in [-0.2, 0) is 21.4 Å². The molecular formula is C21H19FN2O4S. The summed E-state index contributed by atoms with van der Waals surface area (Å²) in [7, 11) is -3.93. The second kappa shape index (κ2) is 6.81. The molecule has 1 atom stereocenters. The number of sulfonamides is 1. The molecule has 29 heavy (non-hydrogen) atoms. The maximum atomic E-state index is 13.3. The van der Waals surface area contributed by atoms with Crippen LogP contribution in [0, 0.1) is 11.7 Å². The summed E-state index contributed by atoms with van der Waals surface area (Å²) in [6.07, 6.45) is 0. The Bertz CT molecular complexity index is 1170. The van der Waals surface area contributed by atoms with Gasteiger partial charge in [0.05, 0.1) is 10.9 Å². The summed E-state index contributed by atoms with van der Waals surface area (Å²) in [5.41, 5.74) is 0.865. The maximum absolute atomic E-state index is 13.3. The van der Waals surface area contributed by atoms with E-state index in [2.05, 4.69) is 4.40 Å². The number of rotatable bonds is 4. The molecule has 2 aliphatic rings. The van der Waals surface area contributed by atoms with Crippen LogP contribution in [0.3, 0.4) is 0 Å². The van der Waals surface area contributed by atoms with Gasteiger partial charge in [0, 0.05) is 12.1 Å². The molecule has 8 heteroatoms. The second-order valence-electron chi connectivity index (χ2n) is 7.42. The Morgan fingerprint density at radius 1 is 1.14 bits per heavy atom. The highest BCUT2D eigenvalue weighted by Crippen LogP contribution is 2.37. The fourth-order valence-electron chi connectivity index (χ4n) is 3.82. The SMILES string of the molecule is CC(C)[C@H]1C(O)=C(C2=NS(=O)(=O)c3ccccc32)C(=O)N1Cc1ccc(F)cc1. The maximum Gasteiger partial charge on any atom is 0.283 e. The Morgan fingerprint density at radius 2 is 1.79 bits per heavy atom. The van der Waals surface area contributed by atoms with Gasteiger partial charge in [0.1, 0.15) is 22.9 Å². The van der Waals surface area contributed by atoms with Gasteiger partial charge in [0.2, 0.25) is 0 Å². The zero-order valence-electron chi connectivity index (χ0n) is 15.8. The second-order valence-corrected chi connectivity index (χ2v) is 8.99. The smallest absolute Gasteiger partial charge is 0.283 e. The van der Waals surface area contributed by atoms with E-state index in [1.54, 1.807) is 30.3 Å². The van der Waals surface area contributed by atoms with Crippen LogP contribution in [-0.4, -0.2) is 36.1 Å². The summed E-state index contributed by atoms with van der Waals surface area (Å²) in [6, 6.07) is 11.3. The van der Waals surface area contributed by atoms with Crippen LogP contribution in [0.5, 0.6) is 0 Å². The van der Waals surface area contributed by atoms with Crippen molar-refractivity contribution in [3.63, 3.8) is 0 Å². The number of hydrogen-bond acceptors (Lipinski definition) is 4. The van der Waals surface area contributed by atoms with Crippen molar-refractivity contribution >= 4 is 21.6 Å². The lowest BCUT2D eigenvalue weighted by molar-refractivity contribution is -0.128. The van der Waals surface area contributed by atoms with E-state index in [0.29, 0.717) is 11.1 Å². The first-order valence-corrected chi connectivity index (χ1v) is 10.6. The Morgan fingerprint density at radius 3 is 2.45 bits per heavy atom. The Kier molecular flexibility index (Phi) is 4.53. The van der Waals surface area contributed by atoms with Gasteiger partial charge < -0.3 is 10.0 Å². The Hall–Kier alpha value is -3.00. The van der Waals surface area contributed by atoms with Crippen molar-refractivity contribution in [1.29, 1.82) is 0 Å². The van der Waals surface area contributed by atoms with Gasteiger partial charge in [-0.2, -0.15) is 12.8 Å². The van der Waals surface area contributed by atoms with Crippen LogP contribution in [0.15, 0.2) is 69.2 Å². The average molecular weight is 414 g/mol. The van der Waals surface area contributed by atoms with Crippen molar-refractivity contribution < 1.29 is 22.7 Å². The molecule has 1 amide bonds. The number of amides is 1. The van der Waals surface area contributed by atoms with Crippen molar-refractivity contribution in [2.45, 2.75) is 31.3 Å². The van der Waals surface area contributed by atoms with Gasteiger partial charge in [-0.15, -0.1) is 0 Å². The zero-order valence-corrected chi connectivity index (χ0v) is 16.6. The van der Waals surface area contributed by atoms with Crippen LogP contribution in [0.4, 0.5) is 4.39 Å². The van der Waals surface area contributed by atoms with Gasteiger partial charge in [-0.05, 0) is 29.7 Å². The van der Waals surface area contributed by atoms with E-state index in [0.717, 1.165) is 0 Å². The molecule has 6 nitrogen and oxygen atoms in total. The summed E-state index contributed by atoms with van der Waals surface area (Å²) in [5, 5.41) is 10.9. The minimum Gasteiger partial charge on any atom is -0.509 e. The van der Waals surface area contributed by atoms with E-state index >= 15 is 0 Å². The number of aliphatic hydroxyl groups is 1. The molecular weight excluding hydrogens is 395 g/mol. The number of hydrogen-bond donors (Lipinski definition) is 1. The summed E-state index contributed by atoms with van der Waals surface area (Å²) >= 11 is 0. The number of benzene rings is 2. The molecule has 2 heterocycles. The van der Waals surface area contributed by atoms with Crippen molar-refractivity contribution in [2.24, 2.45) is 10.3 Å². The van der Waals surface area contributed by atoms with Crippen LogP contribution in [0.25, 0.3) is 0 Å². The Labute approximate surface area is 168 Å². The minimum absolute atomic E-state index is 0.0150. The van der Waals surface area contributed by atoms with Crippen molar-refractivity contribution in [3.8, 4) is 0 Å². The molecule has 0 aromatic heterocycles. The van der Waals surface area contributed by atoms with Gasteiger partial charge in [0.25, 0.3) is 15.9 Å². The monoisotopic (exact) mass is 414 g/mol. The number of carbonyl (C=O) groups is 1. The van der Waals surface area contributed by atoms with E-state index in [-0.39, 0.29) is 40.2 Å². The van der Waals surface area contributed by atoms with E-state index in [1.165, 1.54) is 23.1 Å². The summed E-state index contributed by atoms with van der Waals surface area (Å²) in [5.74, 6) is -1.22.